The summed E-state index contributed by atoms with van der Waals surface area (Å²) in [6, 6.07) is 17.9. The van der Waals surface area contributed by atoms with Gasteiger partial charge in [0.1, 0.15) is 0 Å². The predicted molar refractivity (Wildman–Crippen MR) is 90.6 cm³/mol. The fourth-order valence-corrected chi connectivity index (χ4v) is 4.56. The highest BCUT2D eigenvalue weighted by molar-refractivity contribution is 7.84. The lowest BCUT2D eigenvalue weighted by atomic mass is 9.82. The highest BCUT2D eigenvalue weighted by Crippen LogP contribution is 2.43. The average Bonchev–Trinajstić information content (AvgIpc) is 3.03. The molecule has 2 heterocycles. The van der Waals surface area contributed by atoms with Crippen molar-refractivity contribution in [3.05, 3.63) is 65.2 Å². The maximum Gasteiger partial charge on any atom is 0.0498 e. The number of nitrogens with zero attached hydrogens (tertiary/aromatic N) is 1. The number of rotatable bonds is 2. The molecule has 2 aromatic carbocycles. The minimum absolute atomic E-state index is 0.435. The van der Waals surface area contributed by atoms with Crippen LogP contribution in [0, 0.1) is 0 Å². The standard InChI is InChI=1S/C19H21NOS/c1-22(21)15-10-8-14(9-11-15)18-13-20-12-4-7-19(20)17-6-3-2-5-16(17)18/h2-3,5-6,8-11,18-19H,4,7,12-13H2,1H3. The van der Waals surface area contributed by atoms with Gasteiger partial charge in [-0.15, -0.1) is 0 Å². The second-order valence-electron chi connectivity index (χ2n) is 6.36. The quantitative estimate of drug-likeness (QED) is 0.843. The van der Waals surface area contributed by atoms with E-state index in [0.29, 0.717) is 12.0 Å². The van der Waals surface area contributed by atoms with Crippen LogP contribution >= 0.6 is 0 Å². The number of fused-ring (bicyclic) bond motifs is 3. The van der Waals surface area contributed by atoms with Gasteiger partial charge in [-0.05, 0) is 48.2 Å². The van der Waals surface area contributed by atoms with Crippen molar-refractivity contribution in [2.24, 2.45) is 0 Å². The highest BCUT2D eigenvalue weighted by Gasteiger charge is 2.35. The van der Waals surface area contributed by atoms with E-state index in [0.717, 1.165) is 11.4 Å². The van der Waals surface area contributed by atoms with Crippen molar-refractivity contribution in [1.82, 2.24) is 4.90 Å². The van der Waals surface area contributed by atoms with Gasteiger partial charge in [-0.1, -0.05) is 36.4 Å². The van der Waals surface area contributed by atoms with E-state index in [1.165, 1.54) is 36.1 Å². The Morgan fingerprint density at radius 2 is 1.77 bits per heavy atom. The maximum absolute atomic E-state index is 11.6. The van der Waals surface area contributed by atoms with Crippen molar-refractivity contribution in [3.8, 4) is 0 Å². The molecule has 2 aromatic rings. The molecule has 0 spiro atoms. The molecule has 0 radical (unpaired) electrons. The van der Waals surface area contributed by atoms with Crippen LogP contribution < -0.4 is 0 Å². The number of hydrogen-bond acceptors (Lipinski definition) is 2. The van der Waals surface area contributed by atoms with E-state index >= 15 is 0 Å². The van der Waals surface area contributed by atoms with Crippen LogP contribution in [-0.4, -0.2) is 28.5 Å². The molecule has 2 aliphatic rings. The molecular formula is C19H21NOS. The largest absolute Gasteiger partial charge is 0.295 e. The van der Waals surface area contributed by atoms with Crippen molar-refractivity contribution in [2.45, 2.75) is 29.7 Å². The topological polar surface area (TPSA) is 20.3 Å². The molecule has 0 amide bonds. The molecule has 1 fully saturated rings. The summed E-state index contributed by atoms with van der Waals surface area (Å²) in [5.41, 5.74) is 4.34. The molecule has 0 saturated carbocycles. The Morgan fingerprint density at radius 3 is 2.50 bits per heavy atom. The van der Waals surface area contributed by atoms with Crippen LogP contribution in [0.5, 0.6) is 0 Å². The first-order chi connectivity index (χ1) is 10.7. The molecular weight excluding hydrogens is 290 g/mol. The fraction of sp³-hybridized carbons (Fsp3) is 0.368. The van der Waals surface area contributed by atoms with Gasteiger partial charge >= 0.3 is 0 Å². The normalized spacial score (nSPS) is 25.5. The predicted octanol–water partition coefficient (Wildman–Crippen LogP) is 3.71. The van der Waals surface area contributed by atoms with Crippen LogP contribution in [0.3, 0.4) is 0 Å². The van der Waals surface area contributed by atoms with E-state index in [9.17, 15) is 4.21 Å². The summed E-state index contributed by atoms with van der Waals surface area (Å²) in [5, 5.41) is 0. The molecule has 3 atom stereocenters. The maximum atomic E-state index is 11.6. The van der Waals surface area contributed by atoms with Crippen LogP contribution in [0.25, 0.3) is 0 Å². The van der Waals surface area contributed by atoms with Gasteiger partial charge < -0.3 is 0 Å². The molecule has 22 heavy (non-hydrogen) atoms. The summed E-state index contributed by atoms with van der Waals surface area (Å²) in [5.74, 6) is 0.435. The molecule has 0 aliphatic carbocycles. The zero-order valence-corrected chi connectivity index (χ0v) is 13.7. The van der Waals surface area contributed by atoms with Gasteiger partial charge in [0.25, 0.3) is 0 Å². The SMILES string of the molecule is CS(=O)c1ccc(C2CN3CCCC3c3ccccc32)cc1. The fourth-order valence-electron chi connectivity index (χ4n) is 4.04. The molecule has 3 heteroatoms. The molecule has 114 valence electrons. The molecule has 1 saturated heterocycles. The summed E-state index contributed by atoms with van der Waals surface area (Å²) in [7, 11) is -0.902. The third kappa shape index (κ3) is 2.33. The number of hydrogen-bond donors (Lipinski definition) is 0. The van der Waals surface area contributed by atoms with Crippen molar-refractivity contribution in [1.29, 1.82) is 0 Å². The summed E-state index contributed by atoms with van der Waals surface area (Å²) in [6.07, 6.45) is 4.33. The van der Waals surface area contributed by atoms with Gasteiger partial charge in [-0.2, -0.15) is 0 Å². The first-order valence-electron chi connectivity index (χ1n) is 8.00. The Bertz CT molecular complexity index is 710. The molecule has 4 rings (SSSR count). The van der Waals surface area contributed by atoms with Gasteiger partial charge in [-0.25, -0.2) is 0 Å². The minimum Gasteiger partial charge on any atom is -0.295 e. The van der Waals surface area contributed by atoms with E-state index in [4.69, 9.17) is 0 Å². The monoisotopic (exact) mass is 311 g/mol. The Balaban J connectivity index is 1.75. The zero-order chi connectivity index (χ0) is 15.1. The van der Waals surface area contributed by atoms with Gasteiger partial charge in [-0.3, -0.25) is 9.11 Å². The Labute approximate surface area is 134 Å². The average molecular weight is 311 g/mol. The molecule has 2 aliphatic heterocycles. The van der Waals surface area contributed by atoms with E-state index in [1.807, 2.05) is 12.1 Å². The van der Waals surface area contributed by atoms with Gasteiger partial charge in [0.15, 0.2) is 0 Å². The highest BCUT2D eigenvalue weighted by atomic mass is 32.2. The Morgan fingerprint density at radius 1 is 1.05 bits per heavy atom. The van der Waals surface area contributed by atoms with Crippen LogP contribution in [0.2, 0.25) is 0 Å². The van der Waals surface area contributed by atoms with Crippen molar-refractivity contribution < 1.29 is 4.21 Å². The van der Waals surface area contributed by atoms with E-state index in [-0.39, 0.29) is 0 Å². The molecule has 0 bridgehead atoms. The number of benzene rings is 2. The zero-order valence-electron chi connectivity index (χ0n) is 12.9. The summed E-state index contributed by atoms with van der Waals surface area (Å²) in [6.45, 7) is 2.32. The summed E-state index contributed by atoms with van der Waals surface area (Å²) in [4.78, 5) is 3.55. The Hall–Kier alpha value is -1.45. The van der Waals surface area contributed by atoms with Crippen LogP contribution in [-0.2, 0) is 10.8 Å². The van der Waals surface area contributed by atoms with Gasteiger partial charge in [0.05, 0.1) is 0 Å². The third-order valence-corrected chi connectivity index (χ3v) is 6.06. The van der Waals surface area contributed by atoms with E-state index < -0.39 is 10.8 Å². The van der Waals surface area contributed by atoms with Crippen molar-refractivity contribution in [3.63, 3.8) is 0 Å². The second kappa shape index (κ2) is 5.64. The minimum atomic E-state index is -0.902. The van der Waals surface area contributed by atoms with Crippen molar-refractivity contribution in [2.75, 3.05) is 19.3 Å². The van der Waals surface area contributed by atoms with Gasteiger partial charge in [0, 0.05) is 40.5 Å². The summed E-state index contributed by atoms with van der Waals surface area (Å²) >= 11 is 0. The van der Waals surface area contributed by atoms with Crippen LogP contribution in [0.15, 0.2) is 53.4 Å². The van der Waals surface area contributed by atoms with Gasteiger partial charge in [0.2, 0.25) is 0 Å². The Kier molecular flexibility index (Phi) is 3.63. The first kappa shape index (κ1) is 14.2. The molecule has 3 unspecified atom stereocenters. The van der Waals surface area contributed by atoms with E-state index in [2.05, 4.69) is 41.3 Å². The lowest BCUT2D eigenvalue weighted by molar-refractivity contribution is 0.230. The first-order valence-corrected chi connectivity index (χ1v) is 9.56. The smallest absolute Gasteiger partial charge is 0.0498 e. The van der Waals surface area contributed by atoms with E-state index in [1.54, 1.807) is 6.26 Å². The molecule has 0 aromatic heterocycles. The molecule has 0 N–H and O–H groups in total. The van der Waals surface area contributed by atoms with Crippen LogP contribution in [0.1, 0.15) is 41.5 Å². The van der Waals surface area contributed by atoms with Crippen LogP contribution in [0.4, 0.5) is 0 Å². The lowest BCUT2D eigenvalue weighted by Crippen LogP contribution is -2.34. The third-order valence-electron chi connectivity index (χ3n) is 5.13. The van der Waals surface area contributed by atoms with Crippen molar-refractivity contribution >= 4 is 10.8 Å². The second-order valence-corrected chi connectivity index (χ2v) is 7.74. The lowest BCUT2D eigenvalue weighted by Gasteiger charge is -2.37. The molecule has 2 nitrogen and oxygen atoms in total. The summed E-state index contributed by atoms with van der Waals surface area (Å²) < 4.78 is 11.6.